The average Bonchev–Trinajstić information content (AvgIpc) is 2.93. The highest BCUT2D eigenvalue weighted by Gasteiger charge is 2.25. The molecule has 1 saturated carbocycles. The van der Waals surface area contributed by atoms with E-state index >= 15 is 0 Å². The topological polar surface area (TPSA) is 25.2 Å². The molecular weight excluding hydrogens is 246 g/mol. The summed E-state index contributed by atoms with van der Waals surface area (Å²) in [7, 11) is 0. The van der Waals surface area contributed by atoms with Crippen molar-refractivity contribution in [3.63, 3.8) is 0 Å². The van der Waals surface area contributed by atoms with Crippen LogP contribution in [0.3, 0.4) is 0 Å². The fourth-order valence-electron chi connectivity index (χ4n) is 3.00. The second-order valence-corrected chi connectivity index (χ2v) is 5.70. The molecule has 0 saturated heterocycles. The van der Waals surface area contributed by atoms with Gasteiger partial charge in [-0.05, 0) is 48.9 Å². The second kappa shape index (κ2) is 6.27. The van der Waals surface area contributed by atoms with Crippen molar-refractivity contribution in [1.29, 1.82) is 0 Å². The lowest BCUT2D eigenvalue weighted by Crippen LogP contribution is -2.25. The molecule has 1 aliphatic rings. The molecule has 0 radical (unpaired) electrons. The van der Waals surface area contributed by atoms with Gasteiger partial charge >= 0.3 is 0 Å². The molecule has 0 bridgehead atoms. The third-order valence-electron chi connectivity index (χ3n) is 4.33. The predicted molar refractivity (Wildman–Crippen MR) is 81.9 cm³/mol. The average molecular weight is 269 g/mol. The molecule has 1 heterocycles. The summed E-state index contributed by atoms with van der Waals surface area (Å²) in [5, 5.41) is 3.67. The third-order valence-corrected chi connectivity index (χ3v) is 4.33. The lowest BCUT2D eigenvalue weighted by molar-refractivity contribution is 0.414. The minimum absolute atomic E-state index is 0.255. The van der Waals surface area contributed by atoms with E-state index in [1.54, 1.807) is 6.26 Å². The van der Waals surface area contributed by atoms with E-state index in [-0.39, 0.29) is 6.04 Å². The molecule has 1 unspecified atom stereocenters. The molecule has 2 heteroatoms. The lowest BCUT2D eigenvalue weighted by Gasteiger charge is -2.30. The van der Waals surface area contributed by atoms with Gasteiger partial charge in [0, 0.05) is 5.56 Å². The molecular formula is C18H23NO. The van der Waals surface area contributed by atoms with Crippen LogP contribution in [0.25, 0.3) is 0 Å². The van der Waals surface area contributed by atoms with Gasteiger partial charge in [0.25, 0.3) is 0 Å². The van der Waals surface area contributed by atoms with E-state index in [0.717, 1.165) is 18.9 Å². The van der Waals surface area contributed by atoms with E-state index in [1.165, 1.54) is 36.0 Å². The number of nitrogens with one attached hydrogen (secondary N) is 1. The largest absolute Gasteiger partial charge is 0.472 e. The SMILES string of the molecule is CCCNC(c1ccoc1)c1ccccc1C1CCC1. The van der Waals surface area contributed by atoms with Crippen LogP contribution in [0.2, 0.25) is 0 Å². The Morgan fingerprint density at radius 1 is 1.25 bits per heavy atom. The molecule has 1 aromatic carbocycles. The molecule has 2 nitrogen and oxygen atoms in total. The maximum absolute atomic E-state index is 5.30. The third kappa shape index (κ3) is 2.66. The molecule has 106 valence electrons. The van der Waals surface area contributed by atoms with Gasteiger partial charge in [0.1, 0.15) is 0 Å². The van der Waals surface area contributed by atoms with E-state index in [2.05, 4.69) is 42.6 Å². The smallest absolute Gasteiger partial charge is 0.0953 e. The quantitative estimate of drug-likeness (QED) is 0.826. The zero-order valence-electron chi connectivity index (χ0n) is 12.1. The van der Waals surface area contributed by atoms with Gasteiger partial charge in [-0.25, -0.2) is 0 Å². The summed E-state index contributed by atoms with van der Waals surface area (Å²) in [4.78, 5) is 0. The highest BCUT2D eigenvalue weighted by molar-refractivity contribution is 5.39. The summed E-state index contributed by atoms with van der Waals surface area (Å²) in [5.41, 5.74) is 4.17. The molecule has 3 rings (SSSR count). The van der Waals surface area contributed by atoms with Crippen LogP contribution in [0.5, 0.6) is 0 Å². The van der Waals surface area contributed by atoms with Gasteiger partial charge in [0.2, 0.25) is 0 Å². The van der Waals surface area contributed by atoms with Crippen LogP contribution in [0.1, 0.15) is 61.3 Å². The Morgan fingerprint density at radius 3 is 2.75 bits per heavy atom. The Balaban J connectivity index is 1.94. The predicted octanol–water partition coefficient (Wildman–Crippen LogP) is 4.64. The first-order chi connectivity index (χ1) is 9.90. The molecule has 0 spiro atoms. The Bertz CT molecular complexity index is 528. The molecule has 0 amide bonds. The molecule has 2 aromatic rings. The van der Waals surface area contributed by atoms with Crippen LogP contribution in [-0.4, -0.2) is 6.54 Å². The fourth-order valence-corrected chi connectivity index (χ4v) is 3.00. The number of hydrogen-bond acceptors (Lipinski definition) is 2. The van der Waals surface area contributed by atoms with Crippen LogP contribution in [0.15, 0.2) is 47.3 Å². The van der Waals surface area contributed by atoms with Crippen molar-refractivity contribution in [2.24, 2.45) is 0 Å². The first kappa shape index (κ1) is 13.4. The van der Waals surface area contributed by atoms with Crippen molar-refractivity contribution in [3.05, 3.63) is 59.5 Å². The van der Waals surface area contributed by atoms with Gasteiger partial charge in [-0.15, -0.1) is 0 Å². The maximum Gasteiger partial charge on any atom is 0.0953 e. The second-order valence-electron chi connectivity index (χ2n) is 5.70. The van der Waals surface area contributed by atoms with Gasteiger partial charge in [0.05, 0.1) is 18.6 Å². The van der Waals surface area contributed by atoms with Crippen LogP contribution in [0.4, 0.5) is 0 Å². The minimum atomic E-state index is 0.255. The number of hydrogen-bond donors (Lipinski definition) is 1. The van der Waals surface area contributed by atoms with Gasteiger partial charge < -0.3 is 9.73 Å². The summed E-state index contributed by atoms with van der Waals surface area (Å²) < 4.78 is 5.30. The molecule has 0 aliphatic heterocycles. The highest BCUT2D eigenvalue weighted by atomic mass is 16.3. The van der Waals surface area contributed by atoms with E-state index in [9.17, 15) is 0 Å². The van der Waals surface area contributed by atoms with Crippen molar-refractivity contribution in [1.82, 2.24) is 5.32 Å². The molecule has 20 heavy (non-hydrogen) atoms. The Kier molecular flexibility index (Phi) is 4.22. The van der Waals surface area contributed by atoms with Crippen molar-refractivity contribution in [2.75, 3.05) is 6.54 Å². The van der Waals surface area contributed by atoms with Crippen molar-refractivity contribution >= 4 is 0 Å². The molecule has 1 aliphatic carbocycles. The van der Waals surface area contributed by atoms with Gasteiger partial charge in [-0.3, -0.25) is 0 Å². The van der Waals surface area contributed by atoms with E-state index in [1.807, 2.05) is 6.26 Å². The molecule has 1 aromatic heterocycles. The van der Waals surface area contributed by atoms with Gasteiger partial charge in [-0.2, -0.15) is 0 Å². The summed E-state index contributed by atoms with van der Waals surface area (Å²) in [6.07, 6.45) is 8.82. The lowest BCUT2D eigenvalue weighted by atomic mass is 9.76. The first-order valence-corrected chi connectivity index (χ1v) is 7.74. The van der Waals surface area contributed by atoms with Crippen LogP contribution >= 0.6 is 0 Å². The van der Waals surface area contributed by atoms with Gasteiger partial charge in [-0.1, -0.05) is 37.6 Å². The number of benzene rings is 1. The zero-order valence-corrected chi connectivity index (χ0v) is 12.1. The summed E-state index contributed by atoms with van der Waals surface area (Å²) in [5.74, 6) is 0.754. The van der Waals surface area contributed by atoms with Crippen molar-refractivity contribution < 1.29 is 4.42 Å². The van der Waals surface area contributed by atoms with Crippen LogP contribution < -0.4 is 5.32 Å². The molecule has 1 fully saturated rings. The van der Waals surface area contributed by atoms with E-state index < -0.39 is 0 Å². The Hall–Kier alpha value is -1.54. The van der Waals surface area contributed by atoms with E-state index in [0.29, 0.717) is 0 Å². The number of rotatable bonds is 6. The standard InChI is InChI=1S/C18H23NO/c1-2-11-19-18(15-10-12-20-13-15)17-9-4-3-8-16(17)14-6-5-7-14/h3-4,8-10,12-14,18-19H,2,5-7,11H2,1H3. The summed E-state index contributed by atoms with van der Waals surface area (Å²) in [6, 6.07) is 11.2. The van der Waals surface area contributed by atoms with Gasteiger partial charge in [0.15, 0.2) is 0 Å². The normalized spacial score (nSPS) is 16.9. The Morgan fingerprint density at radius 2 is 2.10 bits per heavy atom. The maximum atomic E-state index is 5.30. The minimum Gasteiger partial charge on any atom is -0.472 e. The summed E-state index contributed by atoms with van der Waals surface area (Å²) in [6.45, 7) is 3.23. The van der Waals surface area contributed by atoms with Crippen molar-refractivity contribution in [2.45, 2.75) is 44.6 Å². The van der Waals surface area contributed by atoms with Crippen LogP contribution in [-0.2, 0) is 0 Å². The monoisotopic (exact) mass is 269 g/mol. The van der Waals surface area contributed by atoms with E-state index in [4.69, 9.17) is 4.42 Å². The zero-order chi connectivity index (χ0) is 13.8. The number of furan rings is 1. The molecule has 1 N–H and O–H groups in total. The van der Waals surface area contributed by atoms with Crippen molar-refractivity contribution in [3.8, 4) is 0 Å². The highest BCUT2D eigenvalue weighted by Crippen LogP contribution is 2.40. The molecule has 1 atom stereocenters. The van der Waals surface area contributed by atoms with Crippen LogP contribution in [0, 0.1) is 0 Å². The Labute approximate surface area is 121 Å². The first-order valence-electron chi connectivity index (χ1n) is 7.74. The summed E-state index contributed by atoms with van der Waals surface area (Å²) >= 11 is 0. The fraction of sp³-hybridized carbons (Fsp3) is 0.444.